The molecule has 0 aliphatic carbocycles. The second-order valence-electron chi connectivity index (χ2n) is 6.27. The molecule has 1 aromatic carbocycles. The molecule has 5 atom stereocenters. The number of aliphatic carboxylic acids is 3. The highest BCUT2D eigenvalue weighted by Crippen LogP contribution is 2.23. The van der Waals surface area contributed by atoms with Gasteiger partial charge in [0, 0.05) is 20.8 Å². The van der Waals surface area contributed by atoms with E-state index in [9.17, 15) is 20.1 Å². The van der Waals surface area contributed by atoms with Gasteiger partial charge in [0.2, 0.25) is 0 Å². The number of ether oxygens (including phenoxy) is 3. The Morgan fingerprint density at radius 2 is 1.24 bits per heavy atom. The number of methoxy groups -OCH3 is 1. The van der Waals surface area contributed by atoms with E-state index >= 15 is 0 Å². The molecule has 188 valence electrons. The number of carbonyl (C=O) groups is 4. The van der Waals surface area contributed by atoms with Gasteiger partial charge in [0.05, 0.1) is 13.7 Å². The molecule has 1 aliphatic rings. The molecular formula is C20H30O13. The van der Waals surface area contributed by atoms with Crippen molar-refractivity contribution in [3.63, 3.8) is 0 Å². The third kappa shape index (κ3) is 16.2. The number of carbonyl (C=O) groups excluding carboxylic acids is 1. The molecule has 0 amide bonds. The molecule has 0 spiro atoms. The Balaban J connectivity index is 0. The van der Waals surface area contributed by atoms with Gasteiger partial charge in [-0.2, -0.15) is 0 Å². The Kier molecular flexibility index (Phi) is 17.0. The van der Waals surface area contributed by atoms with Crippen molar-refractivity contribution in [2.45, 2.75) is 58.1 Å². The van der Waals surface area contributed by atoms with E-state index < -0.39 is 54.6 Å². The Morgan fingerprint density at radius 1 is 0.818 bits per heavy atom. The minimum atomic E-state index is -1.58. The molecule has 0 bridgehead atoms. The van der Waals surface area contributed by atoms with Gasteiger partial charge in [0.1, 0.15) is 18.3 Å². The van der Waals surface area contributed by atoms with Crippen molar-refractivity contribution < 1.29 is 64.0 Å². The second kappa shape index (κ2) is 17.5. The summed E-state index contributed by atoms with van der Waals surface area (Å²) in [6.45, 7) is 3.37. The fourth-order valence-electron chi connectivity index (χ4n) is 2.05. The average Bonchev–Trinajstić information content (AvgIpc) is 2.70. The summed E-state index contributed by atoms with van der Waals surface area (Å²) >= 11 is 0. The Hall–Kier alpha value is -3.10. The summed E-state index contributed by atoms with van der Waals surface area (Å²) < 4.78 is 15.1. The van der Waals surface area contributed by atoms with Crippen molar-refractivity contribution in [2.75, 3.05) is 7.11 Å². The summed E-state index contributed by atoms with van der Waals surface area (Å²) in [4.78, 5) is 38.5. The molecule has 2 rings (SSSR count). The fourth-order valence-corrected chi connectivity index (χ4v) is 2.05. The number of benzene rings is 1. The van der Waals surface area contributed by atoms with Crippen LogP contribution in [0.25, 0.3) is 0 Å². The molecule has 13 heteroatoms. The lowest BCUT2D eigenvalue weighted by Crippen LogP contribution is -2.60. The Labute approximate surface area is 189 Å². The van der Waals surface area contributed by atoms with E-state index in [-0.39, 0.29) is 6.61 Å². The van der Waals surface area contributed by atoms with Crippen molar-refractivity contribution in [3.8, 4) is 0 Å². The van der Waals surface area contributed by atoms with E-state index in [0.717, 1.165) is 33.4 Å². The third-order valence-corrected chi connectivity index (χ3v) is 3.26. The van der Waals surface area contributed by atoms with Crippen LogP contribution in [0.4, 0.5) is 0 Å². The van der Waals surface area contributed by atoms with Crippen LogP contribution in [0.5, 0.6) is 0 Å². The minimum absolute atomic E-state index is 0.124. The monoisotopic (exact) mass is 478 g/mol. The average molecular weight is 478 g/mol. The summed E-state index contributed by atoms with van der Waals surface area (Å²) in [5.41, 5.74) is 0.837. The van der Waals surface area contributed by atoms with Crippen molar-refractivity contribution in [2.24, 2.45) is 0 Å². The highest BCUT2D eigenvalue weighted by atomic mass is 16.7. The van der Waals surface area contributed by atoms with Gasteiger partial charge in [-0.15, -0.1) is 0 Å². The predicted molar refractivity (Wildman–Crippen MR) is 110 cm³/mol. The number of esters is 1. The zero-order valence-corrected chi connectivity index (χ0v) is 18.5. The van der Waals surface area contributed by atoms with Gasteiger partial charge in [-0.25, -0.2) is 4.79 Å². The maximum absolute atomic E-state index is 11.5. The number of hydrogen-bond acceptors (Lipinski definition) is 10. The van der Waals surface area contributed by atoms with Gasteiger partial charge >= 0.3 is 5.97 Å². The zero-order chi connectivity index (χ0) is 26.1. The molecule has 1 aliphatic heterocycles. The molecule has 1 saturated heterocycles. The van der Waals surface area contributed by atoms with Crippen LogP contribution in [0, 0.1) is 0 Å². The lowest BCUT2D eigenvalue weighted by atomic mass is 9.99. The van der Waals surface area contributed by atoms with Gasteiger partial charge in [-0.3, -0.25) is 14.4 Å². The summed E-state index contributed by atoms with van der Waals surface area (Å²) in [6.07, 6.45) is -7.26. The van der Waals surface area contributed by atoms with Crippen LogP contribution in [0.15, 0.2) is 30.3 Å². The first-order chi connectivity index (χ1) is 15.2. The van der Waals surface area contributed by atoms with Gasteiger partial charge < -0.3 is 44.8 Å². The number of aliphatic hydroxyl groups is 3. The first-order valence-corrected chi connectivity index (χ1v) is 9.26. The largest absolute Gasteiger partial charge is 0.481 e. The van der Waals surface area contributed by atoms with Crippen LogP contribution in [-0.4, -0.2) is 92.3 Å². The van der Waals surface area contributed by atoms with E-state index in [1.807, 2.05) is 30.3 Å². The van der Waals surface area contributed by atoms with Crippen LogP contribution in [0.3, 0.4) is 0 Å². The number of rotatable bonds is 4. The molecule has 0 unspecified atom stereocenters. The minimum Gasteiger partial charge on any atom is -0.481 e. The molecular weight excluding hydrogens is 448 g/mol. The lowest BCUT2D eigenvalue weighted by molar-refractivity contribution is -0.297. The third-order valence-electron chi connectivity index (χ3n) is 3.26. The van der Waals surface area contributed by atoms with Crippen molar-refractivity contribution in [1.82, 2.24) is 0 Å². The molecule has 1 heterocycles. The quantitative estimate of drug-likeness (QED) is 0.300. The summed E-state index contributed by atoms with van der Waals surface area (Å²) in [7, 11) is 1.13. The summed E-state index contributed by atoms with van der Waals surface area (Å²) in [5.74, 6) is -3.35. The fraction of sp³-hybridized carbons (Fsp3) is 0.500. The van der Waals surface area contributed by atoms with Crippen LogP contribution in [-0.2, 0) is 40.0 Å². The molecule has 0 aromatic heterocycles. The lowest BCUT2D eigenvalue weighted by Gasteiger charge is -2.38. The smallest absolute Gasteiger partial charge is 0.337 e. The highest BCUT2D eigenvalue weighted by molar-refractivity contribution is 5.75. The van der Waals surface area contributed by atoms with E-state index in [2.05, 4.69) is 4.74 Å². The summed E-state index contributed by atoms with van der Waals surface area (Å²) in [6, 6.07) is 9.14. The zero-order valence-electron chi connectivity index (χ0n) is 18.5. The maximum Gasteiger partial charge on any atom is 0.337 e. The molecule has 0 saturated carbocycles. The van der Waals surface area contributed by atoms with Crippen LogP contribution < -0.4 is 0 Å². The Bertz CT molecular complexity index is 681. The molecule has 13 nitrogen and oxygen atoms in total. The predicted octanol–water partition coefficient (Wildman–Crippen LogP) is -0.543. The maximum atomic E-state index is 11.5. The SMILES string of the molecule is CC(=O)O.CC(=O)O.CC(=O)O.COC(=O)[C@H]1O[C@@H](OCc2ccccc2)[C@H](O)[C@@H](O)[C@@H]1O. The number of carboxylic acids is 3. The topological polar surface area (TPSA) is 217 Å². The Morgan fingerprint density at radius 3 is 1.64 bits per heavy atom. The number of aliphatic hydroxyl groups excluding tert-OH is 3. The normalized spacial score (nSPS) is 23.1. The van der Waals surface area contributed by atoms with Gasteiger partial charge in [0.25, 0.3) is 17.9 Å². The standard InChI is InChI=1S/C14H18O7.3C2H4O2/c1-19-13(18)12-10(16)9(15)11(17)14(21-12)20-7-8-5-3-2-4-6-8;3*1-2(3)4/h2-6,9-12,14-17H,7H2,1H3;3*1H3,(H,3,4)/t9-,10-,11+,12-,14+;;;/m0.../s1. The van der Waals surface area contributed by atoms with E-state index in [1.54, 1.807) is 0 Å². The van der Waals surface area contributed by atoms with E-state index in [1.165, 1.54) is 0 Å². The van der Waals surface area contributed by atoms with Crippen molar-refractivity contribution >= 4 is 23.9 Å². The summed E-state index contributed by atoms with van der Waals surface area (Å²) in [5, 5.41) is 51.6. The molecule has 0 radical (unpaired) electrons. The van der Waals surface area contributed by atoms with Crippen LogP contribution >= 0.6 is 0 Å². The van der Waals surface area contributed by atoms with Gasteiger partial charge in [-0.05, 0) is 5.56 Å². The van der Waals surface area contributed by atoms with E-state index in [4.69, 9.17) is 39.2 Å². The van der Waals surface area contributed by atoms with Gasteiger partial charge in [0.15, 0.2) is 12.4 Å². The van der Waals surface area contributed by atoms with Crippen LogP contribution in [0.1, 0.15) is 26.3 Å². The van der Waals surface area contributed by atoms with Crippen molar-refractivity contribution in [3.05, 3.63) is 35.9 Å². The highest BCUT2D eigenvalue weighted by Gasteiger charge is 2.47. The first-order valence-electron chi connectivity index (χ1n) is 9.26. The molecule has 1 fully saturated rings. The van der Waals surface area contributed by atoms with Gasteiger partial charge in [-0.1, -0.05) is 30.3 Å². The first kappa shape index (κ1) is 32.1. The molecule has 33 heavy (non-hydrogen) atoms. The van der Waals surface area contributed by atoms with E-state index in [0.29, 0.717) is 0 Å². The van der Waals surface area contributed by atoms with Crippen molar-refractivity contribution in [1.29, 1.82) is 0 Å². The second-order valence-corrected chi connectivity index (χ2v) is 6.27. The molecule has 1 aromatic rings. The van der Waals surface area contributed by atoms with Crippen LogP contribution in [0.2, 0.25) is 0 Å². The number of carboxylic acid groups (broad SMARTS) is 3. The molecule has 6 N–H and O–H groups in total. The number of hydrogen-bond donors (Lipinski definition) is 6.